The zero-order valence-electron chi connectivity index (χ0n) is 10.1. The van der Waals surface area contributed by atoms with Crippen molar-refractivity contribution in [2.24, 2.45) is 0 Å². The van der Waals surface area contributed by atoms with Gasteiger partial charge in [-0.3, -0.25) is 0 Å². The molecule has 0 amide bonds. The summed E-state index contributed by atoms with van der Waals surface area (Å²) in [6.07, 6.45) is 5.71. The highest BCUT2D eigenvalue weighted by molar-refractivity contribution is 5.78. The van der Waals surface area contributed by atoms with E-state index in [4.69, 9.17) is 5.11 Å². The molecule has 18 heavy (non-hydrogen) atoms. The summed E-state index contributed by atoms with van der Waals surface area (Å²) in [7, 11) is 0. The molecule has 1 atom stereocenters. The number of rotatable bonds is 5. The fourth-order valence-corrected chi connectivity index (χ4v) is 1.75. The van der Waals surface area contributed by atoms with E-state index in [2.05, 4.69) is 10.3 Å². The van der Waals surface area contributed by atoms with Crippen LogP contribution in [0, 0.1) is 0 Å². The third-order valence-corrected chi connectivity index (χ3v) is 2.72. The van der Waals surface area contributed by atoms with Crippen LogP contribution in [0.2, 0.25) is 0 Å². The number of para-hydroxylation sites is 2. The van der Waals surface area contributed by atoms with E-state index in [1.807, 2.05) is 42.0 Å². The monoisotopic (exact) mass is 245 g/mol. The van der Waals surface area contributed by atoms with E-state index in [0.29, 0.717) is 6.42 Å². The number of anilines is 1. The van der Waals surface area contributed by atoms with Gasteiger partial charge in [0.1, 0.15) is 6.04 Å². The third-order valence-electron chi connectivity index (χ3n) is 2.72. The van der Waals surface area contributed by atoms with Gasteiger partial charge in [0.15, 0.2) is 0 Å². The van der Waals surface area contributed by atoms with Gasteiger partial charge in [-0.05, 0) is 18.6 Å². The largest absolute Gasteiger partial charge is 0.480 e. The van der Waals surface area contributed by atoms with Crippen molar-refractivity contribution in [2.45, 2.75) is 19.4 Å². The van der Waals surface area contributed by atoms with E-state index < -0.39 is 12.0 Å². The van der Waals surface area contributed by atoms with E-state index in [-0.39, 0.29) is 0 Å². The van der Waals surface area contributed by atoms with Gasteiger partial charge in [-0.15, -0.1) is 0 Å². The number of carboxylic acid groups (broad SMARTS) is 1. The predicted octanol–water partition coefficient (Wildman–Crippen LogP) is 2.15. The van der Waals surface area contributed by atoms with Crippen molar-refractivity contribution in [3.05, 3.63) is 43.0 Å². The number of aromatic nitrogens is 2. The number of nitrogens with zero attached hydrogens (tertiary/aromatic N) is 2. The Morgan fingerprint density at radius 1 is 1.50 bits per heavy atom. The average molecular weight is 245 g/mol. The normalized spacial score (nSPS) is 12.1. The first-order valence-corrected chi connectivity index (χ1v) is 5.79. The Kier molecular flexibility index (Phi) is 3.62. The standard InChI is InChI=1S/C13H15N3O2/c1-2-10(13(17)18)15-11-5-3-4-6-12(11)16-8-7-14-9-16/h3-10,15H,2H2,1H3,(H,17,18). The van der Waals surface area contributed by atoms with Crippen LogP contribution >= 0.6 is 0 Å². The van der Waals surface area contributed by atoms with Crippen LogP contribution < -0.4 is 5.32 Å². The molecule has 2 aromatic rings. The Bertz CT molecular complexity index is 523. The fraction of sp³-hybridized carbons (Fsp3) is 0.231. The summed E-state index contributed by atoms with van der Waals surface area (Å²) in [6.45, 7) is 1.84. The van der Waals surface area contributed by atoms with Gasteiger partial charge in [0.2, 0.25) is 0 Å². The topological polar surface area (TPSA) is 67.2 Å². The van der Waals surface area contributed by atoms with Crippen molar-refractivity contribution < 1.29 is 9.90 Å². The van der Waals surface area contributed by atoms with Crippen LogP contribution in [-0.2, 0) is 4.79 Å². The van der Waals surface area contributed by atoms with Crippen LogP contribution in [-0.4, -0.2) is 26.7 Å². The van der Waals surface area contributed by atoms with E-state index in [1.54, 1.807) is 12.5 Å². The summed E-state index contributed by atoms with van der Waals surface area (Å²) in [5.74, 6) is -0.849. The number of hydrogen-bond donors (Lipinski definition) is 2. The molecule has 0 aliphatic carbocycles. The lowest BCUT2D eigenvalue weighted by Crippen LogP contribution is -2.28. The second-order valence-corrected chi connectivity index (χ2v) is 3.93. The molecule has 1 unspecified atom stereocenters. The van der Waals surface area contributed by atoms with E-state index >= 15 is 0 Å². The minimum Gasteiger partial charge on any atom is -0.480 e. The van der Waals surface area contributed by atoms with Gasteiger partial charge in [0.05, 0.1) is 17.7 Å². The zero-order valence-corrected chi connectivity index (χ0v) is 10.1. The molecule has 0 radical (unpaired) electrons. The maximum Gasteiger partial charge on any atom is 0.326 e. The molecule has 5 heteroatoms. The molecule has 0 aliphatic heterocycles. The highest BCUT2D eigenvalue weighted by atomic mass is 16.4. The Labute approximate surface area is 105 Å². The molecule has 2 rings (SSSR count). The number of benzene rings is 1. The minimum absolute atomic E-state index is 0.521. The van der Waals surface area contributed by atoms with Crippen LogP contribution in [0.3, 0.4) is 0 Å². The summed E-state index contributed by atoms with van der Waals surface area (Å²) in [5.41, 5.74) is 1.67. The highest BCUT2D eigenvalue weighted by Crippen LogP contribution is 2.20. The summed E-state index contributed by atoms with van der Waals surface area (Å²) >= 11 is 0. The molecule has 94 valence electrons. The van der Waals surface area contributed by atoms with Crippen molar-refractivity contribution in [3.8, 4) is 5.69 Å². The molecule has 0 spiro atoms. The van der Waals surface area contributed by atoms with Crippen molar-refractivity contribution in [1.82, 2.24) is 9.55 Å². The van der Waals surface area contributed by atoms with Gasteiger partial charge in [-0.25, -0.2) is 9.78 Å². The van der Waals surface area contributed by atoms with Gasteiger partial charge >= 0.3 is 5.97 Å². The first kappa shape index (κ1) is 12.2. The molecule has 0 saturated heterocycles. The molecule has 1 aromatic heterocycles. The van der Waals surface area contributed by atoms with Crippen LogP contribution in [0.15, 0.2) is 43.0 Å². The molecular weight excluding hydrogens is 230 g/mol. The minimum atomic E-state index is -0.849. The molecule has 1 heterocycles. The number of aliphatic carboxylic acids is 1. The first-order chi connectivity index (χ1) is 8.72. The van der Waals surface area contributed by atoms with E-state index in [9.17, 15) is 4.79 Å². The second-order valence-electron chi connectivity index (χ2n) is 3.93. The number of carbonyl (C=O) groups is 1. The van der Waals surface area contributed by atoms with Crippen LogP contribution in [0.1, 0.15) is 13.3 Å². The third kappa shape index (κ3) is 2.51. The summed E-state index contributed by atoms with van der Waals surface area (Å²) < 4.78 is 1.84. The summed E-state index contributed by atoms with van der Waals surface area (Å²) in [4.78, 5) is 15.0. The quantitative estimate of drug-likeness (QED) is 0.847. The van der Waals surface area contributed by atoms with Crippen molar-refractivity contribution in [3.63, 3.8) is 0 Å². The molecule has 0 saturated carbocycles. The lowest BCUT2D eigenvalue weighted by molar-refractivity contribution is -0.137. The lowest BCUT2D eigenvalue weighted by atomic mass is 10.2. The van der Waals surface area contributed by atoms with Crippen molar-refractivity contribution in [1.29, 1.82) is 0 Å². The first-order valence-electron chi connectivity index (χ1n) is 5.79. The van der Waals surface area contributed by atoms with Crippen LogP contribution in [0.4, 0.5) is 5.69 Å². The lowest BCUT2D eigenvalue weighted by Gasteiger charge is -2.17. The fourth-order valence-electron chi connectivity index (χ4n) is 1.75. The molecule has 5 nitrogen and oxygen atoms in total. The molecule has 0 bridgehead atoms. The number of nitrogens with one attached hydrogen (secondary N) is 1. The number of imidazole rings is 1. The molecular formula is C13H15N3O2. The Hall–Kier alpha value is -2.30. The van der Waals surface area contributed by atoms with Crippen LogP contribution in [0.25, 0.3) is 5.69 Å². The summed E-state index contributed by atoms with van der Waals surface area (Å²) in [5, 5.41) is 12.1. The van der Waals surface area contributed by atoms with Gasteiger partial charge in [0, 0.05) is 12.4 Å². The van der Waals surface area contributed by atoms with Crippen LogP contribution in [0.5, 0.6) is 0 Å². The second kappa shape index (κ2) is 5.35. The van der Waals surface area contributed by atoms with Gasteiger partial charge in [-0.2, -0.15) is 0 Å². The smallest absolute Gasteiger partial charge is 0.326 e. The van der Waals surface area contributed by atoms with Gasteiger partial charge in [0.25, 0.3) is 0 Å². The zero-order chi connectivity index (χ0) is 13.0. The predicted molar refractivity (Wildman–Crippen MR) is 68.9 cm³/mol. The number of carboxylic acids is 1. The summed E-state index contributed by atoms with van der Waals surface area (Å²) in [6, 6.07) is 6.97. The Balaban J connectivity index is 2.31. The molecule has 0 aliphatic rings. The van der Waals surface area contributed by atoms with Gasteiger partial charge in [-0.1, -0.05) is 19.1 Å². The van der Waals surface area contributed by atoms with Gasteiger partial charge < -0.3 is 15.0 Å². The highest BCUT2D eigenvalue weighted by Gasteiger charge is 2.16. The Morgan fingerprint density at radius 2 is 2.28 bits per heavy atom. The van der Waals surface area contributed by atoms with Crippen molar-refractivity contribution in [2.75, 3.05) is 5.32 Å². The maximum absolute atomic E-state index is 11.1. The average Bonchev–Trinajstić information content (AvgIpc) is 2.89. The SMILES string of the molecule is CCC(Nc1ccccc1-n1ccnc1)C(=O)O. The van der Waals surface area contributed by atoms with Crippen molar-refractivity contribution >= 4 is 11.7 Å². The Morgan fingerprint density at radius 3 is 2.89 bits per heavy atom. The van der Waals surface area contributed by atoms with E-state index in [1.165, 1.54) is 0 Å². The molecule has 0 fully saturated rings. The number of hydrogen-bond acceptors (Lipinski definition) is 3. The molecule has 2 N–H and O–H groups in total. The maximum atomic E-state index is 11.1. The molecule has 1 aromatic carbocycles. The van der Waals surface area contributed by atoms with E-state index in [0.717, 1.165) is 11.4 Å².